The molecule has 0 unspecified atom stereocenters. The molecule has 6 heteroatoms. The van der Waals surface area contributed by atoms with Gasteiger partial charge in [0.25, 0.3) is 0 Å². The molecule has 0 aliphatic rings. The summed E-state index contributed by atoms with van der Waals surface area (Å²) < 4.78 is 26.1. The number of anilines is 1. The number of carbonyl (C=O) groups excluding carboxylic acids is 1. The molecule has 0 aliphatic heterocycles. The molecule has 134 valence electrons. The van der Waals surface area contributed by atoms with Gasteiger partial charge in [0.2, 0.25) is 15.9 Å². The lowest BCUT2D eigenvalue weighted by atomic mass is 10.0. The number of likely N-dealkylation sites (N-methyl/N-ethyl adjacent to an activating group) is 2. The molecule has 0 saturated carbocycles. The van der Waals surface area contributed by atoms with Gasteiger partial charge < -0.3 is 4.90 Å². The van der Waals surface area contributed by atoms with Crippen LogP contribution in [0.15, 0.2) is 59.5 Å². The summed E-state index contributed by atoms with van der Waals surface area (Å²) in [6.45, 7) is 3.95. The number of benzene rings is 2. The summed E-state index contributed by atoms with van der Waals surface area (Å²) in [5, 5.41) is 0. The molecule has 0 aliphatic carbocycles. The zero-order valence-electron chi connectivity index (χ0n) is 15.0. The molecule has 2 aromatic rings. The number of amides is 1. The molecule has 0 aromatic heterocycles. The van der Waals surface area contributed by atoms with Gasteiger partial charge in [-0.1, -0.05) is 44.2 Å². The first-order valence-corrected chi connectivity index (χ1v) is 9.55. The number of rotatable bonds is 6. The Morgan fingerprint density at radius 1 is 1.00 bits per heavy atom. The van der Waals surface area contributed by atoms with E-state index in [0.717, 1.165) is 15.6 Å². The fraction of sp³-hybridized carbons (Fsp3) is 0.316. The van der Waals surface area contributed by atoms with Crippen LogP contribution in [0.3, 0.4) is 0 Å². The lowest BCUT2D eigenvalue weighted by Gasteiger charge is -2.22. The number of sulfonamides is 1. The van der Waals surface area contributed by atoms with Crippen molar-refractivity contribution in [3.8, 4) is 0 Å². The van der Waals surface area contributed by atoms with E-state index in [-0.39, 0.29) is 17.3 Å². The Balaban J connectivity index is 2.14. The Morgan fingerprint density at radius 3 is 2.24 bits per heavy atom. The van der Waals surface area contributed by atoms with Crippen molar-refractivity contribution in [2.45, 2.75) is 24.7 Å². The minimum Gasteiger partial charge on any atom is -0.314 e. The molecule has 0 radical (unpaired) electrons. The van der Waals surface area contributed by atoms with E-state index in [4.69, 9.17) is 0 Å². The van der Waals surface area contributed by atoms with Crippen LogP contribution in [-0.2, 0) is 14.8 Å². The topological polar surface area (TPSA) is 57.7 Å². The Hall–Kier alpha value is -2.18. The second-order valence-electron chi connectivity index (χ2n) is 6.28. The monoisotopic (exact) mass is 360 g/mol. The Kier molecular flexibility index (Phi) is 5.98. The molecule has 2 aromatic carbocycles. The highest BCUT2D eigenvalue weighted by molar-refractivity contribution is 7.89. The largest absolute Gasteiger partial charge is 0.314 e. The maximum atomic E-state index is 12.5. The summed E-state index contributed by atoms with van der Waals surface area (Å²) in [5.74, 6) is 0.0625. The molecule has 0 atom stereocenters. The second-order valence-corrected chi connectivity index (χ2v) is 8.32. The standard InChI is InChI=1S/C19H24N2O3S/c1-15(2)16-9-8-10-17(13-16)21(4)19(22)14-20(3)25(23,24)18-11-6-5-7-12-18/h5-13,15H,14H2,1-4H3. The summed E-state index contributed by atoms with van der Waals surface area (Å²) in [4.78, 5) is 14.2. The van der Waals surface area contributed by atoms with Gasteiger partial charge in [0.1, 0.15) is 0 Å². The van der Waals surface area contributed by atoms with E-state index in [1.165, 1.54) is 24.1 Å². The maximum absolute atomic E-state index is 12.5. The van der Waals surface area contributed by atoms with E-state index in [1.807, 2.05) is 24.3 Å². The van der Waals surface area contributed by atoms with Crippen molar-refractivity contribution in [2.24, 2.45) is 0 Å². The average Bonchev–Trinajstić information content (AvgIpc) is 2.61. The van der Waals surface area contributed by atoms with E-state index in [1.54, 1.807) is 25.2 Å². The third kappa shape index (κ3) is 4.46. The van der Waals surface area contributed by atoms with Crippen molar-refractivity contribution in [1.82, 2.24) is 4.31 Å². The van der Waals surface area contributed by atoms with Crippen LogP contribution in [0.5, 0.6) is 0 Å². The molecule has 0 heterocycles. The third-order valence-electron chi connectivity index (χ3n) is 4.11. The summed E-state index contributed by atoms with van der Waals surface area (Å²) in [5.41, 5.74) is 1.88. The highest BCUT2D eigenvalue weighted by atomic mass is 32.2. The SMILES string of the molecule is CC(C)c1cccc(N(C)C(=O)CN(C)S(=O)(=O)c2ccccc2)c1. The lowest BCUT2D eigenvalue weighted by Crippen LogP contribution is -2.39. The minimum atomic E-state index is -3.69. The van der Waals surface area contributed by atoms with Gasteiger partial charge >= 0.3 is 0 Å². The zero-order valence-corrected chi connectivity index (χ0v) is 15.8. The van der Waals surface area contributed by atoms with Gasteiger partial charge in [-0.05, 0) is 35.7 Å². The van der Waals surface area contributed by atoms with Crippen LogP contribution in [0, 0.1) is 0 Å². The van der Waals surface area contributed by atoms with Crippen molar-refractivity contribution < 1.29 is 13.2 Å². The van der Waals surface area contributed by atoms with E-state index in [9.17, 15) is 13.2 Å². The molecule has 5 nitrogen and oxygen atoms in total. The predicted molar refractivity (Wildman–Crippen MR) is 100 cm³/mol. The number of hydrogen-bond acceptors (Lipinski definition) is 3. The summed E-state index contributed by atoms with van der Waals surface area (Å²) in [6.07, 6.45) is 0. The molecule has 1 amide bonds. The van der Waals surface area contributed by atoms with Crippen molar-refractivity contribution >= 4 is 21.6 Å². The van der Waals surface area contributed by atoms with Gasteiger partial charge in [-0.25, -0.2) is 8.42 Å². The molecule has 0 fully saturated rings. The van der Waals surface area contributed by atoms with Crippen LogP contribution in [-0.4, -0.2) is 39.3 Å². The molecule has 0 N–H and O–H groups in total. The van der Waals surface area contributed by atoms with Crippen LogP contribution in [0.1, 0.15) is 25.3 Å². The first-order valence-electron chi connectivity index (χ1n) is 8.11. The molecular formula is C19H24N2O3S. The molecule has 0 bridgehead atoms. The predicted octanol–water partition coefficient (Wildman–Crippen LogP) is 3.09. The van der Waals surface area contributed by atoms with Gasteiger partial charge in [0, 0.05) is 19.8 Å². The van der Waals surface area contributed by atoms with Gasteiger partial charge in [0.15, 0.2) is 0 Å². The summed E-state index contributed by atoms with van der Waals surface area (Å²) >= 11 is 0. The highest BCUT2D eigenvalue weighted by Crippen LogP contribution is 2.21. The number of nitrogens with zero attached hydrogens (tertiary/aromatic N) is 2. The van der Waals surface area contributed by atoms with Gasteiger partial charge in [-0.15, -0.1) is 0 Å². The maximum Gasteiger partial charge on any atom is 0.243 e. The summed E-state index contributed by atoms with van der Waals surface area (Å²) in [6, 6.07) is 15.8. The first kappa shape index (κ1) is 19.1. The van der Waals surface area contributed by atoms with Crippen molar-refractivity contribution in [3.63, 3.8) is 0 Å². The van der Waals surface area contributed by atoms with E-state index in [2.05, 4.69) is 13.8 Å². The van der Waals surface area contributed by atoms with Gasteiger partial charge in [-0.3, -0.25) is 4.79 Å². The number of hydrogen-bond donors (Lipinski definition) is 0. The minimum absolute atomic E-state index is 0.176. The fourth-order valence-electron chi connectivity index (χ4n) is 2.39. The van der Waals surface area contributed by atoms with E-state index >= 15 is 0 Å². The van der Waals surface area contributed by atoms with Crippen LogP contribution in [0.25, 0.3) is 0 Å². The smallest absolute Gasteiger partial charge is 0.243 e. The highest BCUT2D eigenvalue weighted by Gasteiger charge is 2.24. The van der Waals surface area contributed by atoms with Crippen molar-refractivity contribution in [3.05, 3.63) is 60.2 Å². The third-order valence-corrected chi connectivity index (χ3v) is 5.93. The van der Waals surface area contributed by atoms with Crippen LogP contribution >= 0.6 is 0 Å². The molecule has 0 saturated heterocycles. The Morgan fingerprint density at radius 2 is 1.64 bits per heavy atom. The normalized spacial score (nSPS) is 11.8. The Labute approximate surface area is 149 Å². The second kappa shape index (κ2) is 7.80. The van der Waals surface area contributed by atoms with Crippen LogP contribution < -0.4 is 4.90 Å². The van der Waals surface area contributed by atoms with Gasteiger partial charge in [-0.2, -0.15) is 4.31 Å². The molecule has 25 heavy (non-hydrogen) atoms. The van der Waals surface area contributed by atoms with Crippen molar-refractivity contribution in [1.29, 1.82) is 0 Å². The van der Waals surface area contributed by atoms with Crippen LogP contribution in [0.2, 0.25) is 0 Å². The van der Waals surface area contributed by atoms with E-state index < -0.39 is 10.0 Å². The lowest BCUT2D eigenvalue weighted by molar-refractivity contribution is -0.118. The van der Waals surface area contributed by atoms with Crippen LogP contribution in [0.4, 0.5) is 5.69 Å². The zero-order chi connectivity index (χ0) is 18.6. The van der Waals surface area contributed by atoms with Gasteiger partial charge in [0.05, 0.1) is 11.4 Å². The van der Waals surface area contributed by atoms with E-state index in [0.29, 0.717) is 5.92 Å². The quantitative estimate of drug-likeness (QED) is 0.795. The average molecular weight is 360 g/mol. The molecule has 0 spiro atoms. The van der Waals surface area contributed by atoms with Crippen molar-refractivity contribution in [2.75, 3.05) is 25.5 Å². The first-order chi connectivity index (χ1) is 11.7. The Bertz CT molecular complexity index is 833. The molecule has 2 rings (SSSR count). The molecular weight excluding hydrogens is 336 g/mol. The fourth-order valence-corrected chi connectivity index (χ4v) is 3.53. The summed E-state index contributed by atoms with van der Waals surface area (Å²) in [7, 11) is -0.613. The number of carbonyl (C=O) groups is 1.